The van der Waals surface area contributed by atoms with E-state index in [1.165, 1.54) is 11.2 Å². The lowest BCUT2D eigenvalue weighted by Gasteiger charge is -2.32. The van der Waals surface area contributed by atoms with Crippen molar-refractivity contribution in [2.75, 3.05) is 18.4 Å². The fourth-order valence-electron chi connectivity index (χ4n) is 4.14. The average molecular weight is 429 g/mol. The van der Waals surface area contributed by atoms with Gasteiger partial charge in [0.2, 0.25) is 15.9 Å². The highest BCUT2D eigenvalue weighted by molar-refractivity contribution is 7.89. The quantitative estimate of drug-likeness (QED) is 0.733. The summed E-state index contributed by atoms with van der Waals surface area (Å²) >= 11 is 0. The number of Topliss-reactive ketones (excluding diaryl/α,β-unsaturated/α-hetero) is 1. The normalized spacial score (nSPS) is 17.5. The minimum Gasteiger partial charge on any atom is -0.326 e. The summed E-state index contributed by atoms with van der Waals surface area (Å²) in [5.74, 6) is -0.751. The van der Waals surface area contributed by atoms with E-state index in [2.05, 4.69) is 5.32 Å². The number of nitrogens with zero attached hydrogens (tertiary/aromatic N) is 1. The van der Waals surface area contributed by atoms with E-state index in [9.17, 15) is 18.0 Å². The first-order chi connectivity index (χ1) is 14.1. The van der Waals surface area contributed by atoms with E-state index >= 15 is 0 Å². The fourth-order valence-corrected chi connectivity index (χ4v) is 6.07. The maximum Gasteiger partial charge on any atom is 0.243 e. The lowest BCUT2D eigenvalue weighted by molar-refractivity contribution is -0.120. The van der Waals surface area contributed by atoms with Crippen LogP contribution in [0.2, 0.25) is 0 Å². The monoisotopic (exact) mass is 428 g/mol. The van der Waals surface area contributed by atoms with E-state index in [4.69, 9.17) is 0 Å². The molecule has 1 amide bonds. The fraction of sp³-hybridized carbons (Fsp3) is 0.391. The summed E-state index contributed by atoms with van der Waals surface area (Å²) in [5, 5.41) is 2.84. The molecule has 2 aromatic carbocycles. The van der Waals surface area contributed by atoms with Gasteiger partial charge in [-0.25, -0.2) is 8.42 Å². The number of anilines is 1. The zero-order valence-electron chi connectivity index (χ0n) is 17.9. The van der Waals surface area contributed by atoms with Crippen LogP contribution in [0.3, 0.4) is 0 Å². The highest BCUT2D eigenvalue weighted by atomic mass is 32.2. The van der Waals surface area contributed by atoms with E-state index in [1.807, 2.05) is 32.9 Å². The van der Waals surface area contributed by atoms with Gasteiger partial charge in [-0.05, 0) is 63.8 Å². The van der Waals surface area contributed by atoms with Crippen molar-refractivity contribution in [2.24, 2.45) is 5.92 Å². The number of amides is 1. The number of carbonyl (C=O) groups is 2. The number of benzene rings is 2. The maximum absolute atomic E-state index is 13.3. The van der Waals surface area contributed by atoms with Crippen molar-refractivity contribution in [1.29, 1.82) is 0 Å². The molecule has 1 fully saturated rings. The molecule has 1 aliphatic rings. The van der Waals surface area contributed by atoms with Crippen molar-refractivity contribution >= 4 is 27.4 Å². The number of sulfonamides is 1. The predicted molar refractivity (Wildman–Crippen MR) is 117 cm³/mol. The van der Waals surface area contributed by atoms with Crippen LogP contribution in [0.1, 0.15) is 46.8 Å². The van der Waals surface area contributed by atoms with Crippen LogP contribution in [0.4, 0.5) is 5.69 Å². The summed E-state index contributed by atoms with van der Waals surface area (Å²) in [4.78, 5) is 24.7. The predicted octanol–water partition coefficient (Wildman–Crippen LogP) is 3.85. The third kappa shape index (κ3) is 4.63. The first-order valence-corrected chi connectivity index (χ1v) is 11.5. The molecule has 3 rings (SSSR count). The Hall–Kier alpha value is -2.51. The summed E-state index contributed by atoms with van der Waals surface area (Å²) in [6.45, 7) is 7.58. The molecule has 1 heterocycles. The average Bonchev–Trinajstić information content (AvgIpc) is 2.67. The Labute approximate surface area is 178 Å². The smallest absolute Gasteiger partial charge is 0.243 e. The molecule has 0 bridgehead atoms. The third-order valence-electron chi connectivity index (χ3n) is 5.49. The molecule has 0 aliphatic carbocycles. The van der Waals surface area contributed by atoms with Crippen LogP contribution < -0.4 is 5.32 Å². The molecule has 0 spiro atoms. The molecular weight excluding hydrogens is 400 g/mol. The van der Waals surface area contributed by atoms with Crippen LogP contribution in [-0.2, 0) is 14.8 Å². The van der Waals surface area contributed by atoms with Crippen molar-refractivity contribution in [1.82, 2.24) is 4.31 Å². The van der Waals surface area contributed by atoms with Gasteiger partial charge in [0.1, 0.15) is 0 Å². The number of hydrogen-bond donors (Lipinski definition) is 1. The molecule has 2 aromatic rings. The molecule has 0 radical (unpaired) electrons. The maximum atomic E-state index is 13.3. The SMILES string of the molecule is CC(=O)c1cccc(NC(=O)C2CCCN(S(=O)(=O)c3c(C)cc(C)cc3C)C2)c1. The van der Waals surface area contributed by atoms with Crippen LogP contribution in [0.5, 0.6) is 0 Å². The molecule has 7 heteroatoms. The summed E-state index contributed by atoms with van der Waals surface area (Å²) in [6, 6.07) is 10.5. The van der Waals surface area contributed by atoms with Gasteiger partial charge in [0, 0.05) is 24.3 Å². The van der Waals surface area contributed by atoms with E-state index in [0.717, 1.165) is 16.7 Å². The molecule has 1 aliphatic heterocycles. The van der Waals surface area contributed by atoms with Gasteiger partial charge < -0.3 is 5.32 Å². The van der Waals surface area contributed by atoms with Gasteiger partial charge in [0.15, 0.2) is 5.78 Å². The molecule has 6 nitrogen and oxygen atoms in total. The Balaban J connectivity index is 1.79. The summed E-state index contributed by atoms with van der Waals surface area (Å²) in [7, 11) is -3.69. The molecular formula is C23H28N2O4S. The van der Waals surface area contributed by atoms with Crippen LogP contribution in [0.25, 0.3) is 0 Å². The highest BCUT2D eigenvalue weighted by Gasteiger charge is 2.34. The number of ketones is 1. The second kappa shape index (κ2) is 8.70. The Bertz CT molecular complexity index is 1070. The number of carbonyl (C=O) groups excluding carboxylic acids is 2. The van der Waals surface area contributed by atoms with Gasteiger partial charge in [-0.15, -0.1) is 0 Å². The number of aryl methyl sites for hydroxylation is 3. The standard InChI is InChI=1S/C23H28N2O4S/c1-15-11-16(2)22(17(3)12-15)30(28,29)25-10-6-8-20(14-25)23(27)24-21-9-5-7-19(13-21)18(4)26/h5,7,9,11-13,20H,6,8,10,14H2,1-4H3,(H,24,27). The lowest BCUT2D eigenvalue weighted by Crippen LogP contribution is -2.44. The van der Waals surface area contributed by atoms with E-state index < -0.39 is 15.9 Å². The Kier molecular flexibility index (Phi) is 6.43. The topological polar surface area (TPSA) is 83.6 Å². The van der Waals surface area contributed by atoms with Gasteiger partial charge in [-0.1, -0.05) is 29.8 Å². The first-order valence-electron chi connectivity index (χ1n) is 10.1. The summed E-state index contributed by atoms with van der Waals surface area (Å²) in [5.41, 5.74) is 3.52. The van der Waals surface area contributed by atoms with Crippen molar-refractivity contribution in [3.63, 3.8) is 0 Å². The largest absolute Gasteiger partial charge is 0.326 e. The van der Waals surface area contributed by atoms with Crippen LogP contribution >= 0.6 is 0 Å². The minimum absolute atomic E-state index is 0.0788. The number of rotatable bonds is 5. The van der Waals surface area contributed by atoms with Crippen molar-refractivity contribution in [3.8, 4) is 0 Å². The van der Waals surface area contributed by atoms with Gasteiger partial charge >= 0.3 is 0 Å². The first kappa shape index (κ1) is 22.2. The van der Waals surface area contributed by atoms with Crippen molar-refractivity contribution in [2.45, 2.75) is 45.4 Å². The van der Waals surface area contributed by atoms with Gasteiger partial charge in [-0.2, -0.15) is 4.31 Å². The molecule has 0 aromatic heterocycles. The molecule has 160 valence electrons. The number of piperidine rings is 1. The molecule has 30 heavy (non-hydrogen) atoms. The molecule has 1 saturated heterocycles. The van der Waals surface area contributed by atoms with Crippen LogP contribution in [-0.4, -0.2) is 37.5 Å². The van der Waals surface area contributed by atoms with Crippen LogP contribution in [0, 0.1) is 26.7 Å². The summed E-state index contributed by atoms with van der Waals surface area (Å²) < 4.78 is 28.1. The highest BCUT2D eigenvalue weighted by Crippen LogP contribution is 2.29. The molecule has 1 N–H and O–H groups in total. The molecule has 0 saturated carbocycles. The van der Waals surface area contributed by atoms with E-state index in [0.29, 0.717) is 35.5 Å². The molecule has 1 unspecified atom stereocenters. The van der Waals surface area contributed by atoms with Gasteiger partial charge in [0.05, 0.1) is 10.8 Å². The zero-order valence-corrected chi connectivity index (χ0v) is 18.7. The second-order valence-corrected chi connectivity index (χ2v) is 9.93. The van der Waals surface area contributed by atoms with Crippen molar-refractivity contribution in [3.05, 3.63) is 58.7 Å². The zero-order chi connectivity index (χ0) is 22.1. The number of hydrogen-bond acceptors (Lipinski definition) is 4. The summed E-state index contributed by atoms with van der Waals surface area (Å²) in [6.07, 6.45) is 1.24. The Morgan fingerprint density at radius 2 is 1.73 bits per heavy atom. The van der Waals surface area contributed by atoms with E-state index in [1.54, 1.807) is 24.3 Å². The molecule has 1 atom stereocenters. The number of nitrogens with one attached hydrogen (secondary N) is 1. The minimum atomic E-state index is -3.69. The third-order valence-corrected chi connectivity index (χ3v) is 7.67. The lowest BCUT2D eigenvalue weighted by atomic mass is 9.98. The Morgan fingerprint density at radius 1 is 1.07 bits per heavy atom. The second-order valence-electron chi connectivity index (χ2n) is 8.06. The van der Waals surface area contributed by atoms with Gasteiger partial charge in [-0.3, -0.25) is 9.59 Å². The van der Waals surface area contributed by atoms with Crippen LogP contribution in [0.15, 0.2) is 41.3 Å². The van der Waals surface area contributed by atoms with Gasteiger partial charge in [0.25, 0.3) is 0 Å². The van der Waals surface area contributed by atoms with E-state index in [-0.39, 0.29) is 18.2 Å². The Morgan fingerprint density at radius 3 is 2.37 bits per heavy atom. The van der Waals surface area contributed by atoms with Crippen molar-refractivity contribution < 1.29 is 18.0 Å².